The quantitative estimate of drug-likeness (QED) is 0.491. The van der Waals surface area contributed by atoms with Crippen molar-refractivity contribution in [1.29, 1.82) is 0 Å². The van der Waals surface area contributed by atoms with Gasteiger partial charge in [-0.25, -0.2) is 15.8 Å². The van der Waals surface area contributed by atoms with Gasteiger partial charge in [0.2, 0.25) is 0 Å². The fourth-order valence-electron chi connectivity index (χ4n) is 1.48. The van der Waals surface area contributed by atoms with Crippen LogP contribution in [0.25, 0.3) is 0 Å². The molecule has 2 rings (SSSR count). The zero-order valence-corrected chi connectivity index (χ0v) is 8.03. The lowest BCUT2D eigenvalue weighted by Gasteiger charge is -2.25. The summed E-state index contributed by atoms with van der Waals surface area (Å²) in [6, 6.07) is 1.80. The Labute approximate surface area is 83.1 Å². The predicted molar refractivity (Wildman–Crippen MR) is 55.7 cm³/mol. The molecule has 0 bridgehead atoms. The Kier molecular flexibility index (Phi) is 2.78. The zero-order valence-electron chi connectivity index (χ0n) is 8.03. The molecule has 1 saturated carbocycles. The first-order valence-electron chi connectivity index (χ1n) is 4.91. The summed E-state index contributed by atoms with van der Waals surface area (Å²) in [5, 5.41) is 3.27. The molecule has 0 aliphatic heterocycles. The van der Waals surface area contributed by atoms with Gasteiger partial charge in [-0.1, -0.05) is 6.42 Å². The van der Waals surface area contributed by atoms with E-state index in [9.17, 15) is 0 Å². The number of anilines is 2. The molecular formula is C9H15N5. The first kappa shape index (κ1) is 9.21. The van der Waals surface area contributed by atoms with Crippen LogP contribution in [-0.2, 0) is 0 Å². The molecule has 1 aliphatic rings. The molecule has 1 fully saturated rings. The maximum absolute atomic E-state index is 5.24. The van der Waals surface area contributed by atoms with Gasteiger partial charge >= 0.3 is 0 Å². The molecule has 5 heteroatoms. The van der Waals surface area contributed by atoms with E-state index < -0.39 is 0 Å². The van der Waals surface area contributed by atoms with Crippen molar-refractivity contribution in [2.75, 3.05) is 17.3 Å². The Hall–Kier alpha value is -1.36. The van der Waals surface area contributed by atoms with Crippen molar-refractivity contribution in [2.45, 2.75) is 19.3 Å². The van der Waals surface area contributed by atoms with Gasteiger partial charge in [0.15, 0.2) is 0 Å². The van der Waals surface area contributed by atoms with E-state index in [2.05, 4.69) is 20.7 Å². The molecular weight excluding hydrogens is 178 g/mol. The van der Waals surface area contributed by atoms with Crippen LogP contribution in [0.15, 0.2) is 12.4 Å². The molecule has 1 aromatic heterocycles. The van der Waals surface area contributed by atoms with Crippen molar-refractivity contribution in [2.24, 2.45) is 11.8 Å². The number of hydrogen-bond acceptors (Lipinski definition) is 5. The van der Waals surface area contributed by atoms with Gasteiger partial charge in [0.25, 0.3) is 0 Å². The number of hydrogen-bond donors (Lipinski definition) is 3. The summed E-state index contributed by atoms with van der Waals surface area (Å²) in [6.07, 6.45) is 5.53. The third-order valence-electron chi connectivity index (χ3n) is 2.61. The summed E-state index contributed by atoms with van der Waals surface area (Å²) in [5.41, 5.74) is 2.49. The summed E-state index contributed by atoms with van der Waals surface area (Å²) in [5.74, 6) is 7.53. The first-order valence-corrected chi connectivity index (χ1v) is 4.91. The van der Waals surface area contributed by atoms with Gasteiger partial charge < -0.3 is 10.7 Å². The lowest BCUT2D eigenvalue weighted by molar-refractivity contribution is 0.333. The largest absolute Gasteiger partial charge is 0.370 e. The van der Waals surface area contributed by atoms with Crippen LogP contribution < -0.4 is 16.6 Å². The standard InChI is InChI=1S/C9H15N5/c10-14-9-4-8(12-6-13-9)11-5-7-2-1-3-7/h4,6-7H,1-3,5,10H2,(H2,11,12,13,14). The van der Waals surface area contributed by atoms with Gasteiger partial charge in [-0.2, -0.15) is 0 Å². The van der Waals surface area contributed by atoms with Crippen molar-refractivity contribution in [3.63, 3.8) is 0 Å². The number of nitrogens with two attached hydrogens (primary N) is 1. The van der Waals surface area contributed by atoms with Crippen LogP contribution in [0, 0.1) is 5.92 Å². The van der Waals surface area contributed by atoms with Crippen LogP contribution in [0.5, 0.6) is 0 Å². The molecule has 0 atom stereocenters. The second kappa shape index (κ2) is 4.23. The molecule has 1 aliphatic carbocycles. The van der Waals surface area contributed by atoms with Gasteiger partial charge in [-0.15, -0.1) is 0 Å². The average Bonchev–Trinajstić information content (AvgIpc) is 2.16. The smallest absolute Gasteiger partial charge is 0.145 e. The van der Waals surface area contributed by atoms with Crippen LogP contribution in [-0.4, -0.2) is 16.5 Å². The second-order valence-corrected chi connectivity index (χ2v) is 3.61. The second-order valence-electron chi connectivity index (χ2n) is 3.61. The van der Waals surface area contributed by atoms with Crippen molar-refractivity contribution < 1.29 is 0 Å². The average molecular weight is 193 g/mol. The van der Waals surface area contributed by atoms with Crippen LogP contribution in [0.4, 0.5) is 11.6 Å². The zero-order chi connectivity index (χ0) is 9.80. The molecule has 76 valence electrons. The molecule has 5 nitrogen and oxygen atoms in total. The maximum Gasteiger partial charge on any atom is 0.145 e. The van der Waals surface area contributed by atoms with Crippen LogP contribution in [0.1, 0.15) is 19.3 Å². The van der Waals surface area contributed by atoms with Crippen LogP contribution in [0.3, 0.4) is 0 Å². The fourth-order valence-corrected chi connectivity index (χ4v) is 1.48. The third-order valence-corrected chi connectivity index (χ3v) is 2.61. The van der Waals surface area contributed by atoms with E-state index in [4.69, 9.17) is 5.84 Å². The van der Waals surface area contributed by atoms with Gasteiger partial charge in [-0.05, 0) is 18.8 Å². The number of nitrogen functional groups attached to an aromatic ring is 1. The molecule has 0 saturated heterocycles. The van der Waals surface area contributed by atoms with E-state index in [1.807, 2.05) is 0 Å². The Bertz CT molecular complexity index is 297. The molecule has 14 heavy (non-hydrogen) atoms. The number of nitrogens with one attached hydrogen (secondary N) is 2. The minimum Gasteiger partial charge on any atom is -0.370 e. The third kappa shape index (κ3) is 2.11. The first-order chi connectivity index (χ1) is 6.88. The number of hydrazine groups is 1. The highest BCUT2D eigenvalue weighted by Crippen LogP contribution is 2.26. The van der Waals surface area contributed by atoms with Crippen molar-refractivity contribution in [3.05, 3.63) is 12.4 Å². The van der Waals surface area contributed by atoms with Crippen LogP contribution in [0.2, 0.25) is 0 Å². The van der Waals surface area contributed by atoms with E-state index >= 15 is 0 Å². The maximum atomic E-state index is 5.24. The highest BCUT2D eigenvalue weighted by atomic mass is 15.3. The van der Waals surface area contributed by atoms with Gasteiger partial charge in [0, 0.05) is 12.6 Å². The van der Waals surface area contributed by atoms with E-state index in [1.54, 1.807) is 6.07 Å². The highest BCUT2D eigenvalue weighted by Gasteiger charge is 2.16. The molecule has 0 unspecified atom stereocenters. The summed E-state index contributed by atoms with van der Waals surface area (Å²) in [7, 11) is 0. The molecule has 0 radical (unpaired) electrons. The summed E-state index contributed by atoms with van der Waals surface area (Å²) >= 11 is 0. The Balaban J connectivity index is 1.87. The lowest BCUT2D eigenvalue weighted by Crippen LogP contribution is -2.21. The highest BCUT2D eigenvalue weighted by molar-refractivity contribution is 5.45. The van der Waals surface area contributed by atoms with E-state index in [0.717, 1.165) is 18.3 Å². The molecule has 1 heterocycles. The molecule has 1 aromatic rings. The summed E-state index contributed by atoms with van der Waals surface area (Å²) in [6.45, 7) is 1.00. The Morgan fingerprint density at radius 2 is 2.14 bits per heavy atom. The number of rotatable bonds is 4. The van der Waals surface area contributed by atoms with Crippen LogP contribution >= 0.6 is 0 Å². The van der Waals surface area contributed by atoms with E-state index in [0.29, 0.717) is 5.82 Å². The van der Waals surface area contributed by atoms with E-state index in [1.165, 1.54) is 25.6 Å². The fraction of sp³-hybridized carbons (Fsp3) is 0.556. The van der Waals surface area contributed by atoms with Crippen molar-refractivity contribution in [3.8, 4) is 0 Å². The topological polar surface area (TPSA) is 75.9 Å². The molecule has 4 N–H and O–H groups in total. The van der Waals surface area contributed by atoms with Gasteiger partial charge in [0.05, 0.1) is 0 Å². The minimum atomic E-state index is 0.635. The van der Waals surface area contributed by atoms with Crippen molar-refractivity contribution in [1.82, 2.24) is 9.97 Å². The molecule has 0 spiro atoms. The number of nitrogens with zero attached hydrogens (tertiary/aromatic N) is 2. The summed E-state index contributed by atoms with van der Waals surface area (Å²) in [4.78, 5) is 8.03. The monoisotopic (exact) mass is 193 g/mol. The Morgan fingerprint density at radius 3 is 2.79 bits per heavy atom. The minimum absolute atomic E-state index is 0.635. The SMILES string of the molecule is NNc1cc(NCC2CCC2)ncn1. The normalized spacial score (nSPS) is 16.1. The summed E-state index contributed by atoms with van der Waals surface area (Å²) < 4.78 is 0. The van der Waals surface area contributed by atoms with Crippen molar-refractivity contribution >= 4 is 11.6 Å². The van der Waals surface area contributed by atoms with Gasteiger partial charge in [-0.3, -0.25) is 0 Å². The van der Waals surface area contributed by atoms with E-state index in [-0.39, 0.29) is 0 Å². The lowest BCUT2D eigenvalue weighted by atomic mass is 9.85. The molecule has 0 amide bonds. The number of aromatic nitrogens is 2. The Morgan fingerprint density at radius 1 is 1.36 bits per heavy atom. The van der Waals surface area contributed by atoms with Gasteiger partial charge in [0.1, 0.15) is 18.0 Å². The predicted octanol–water partition coefficient (Wildman–Crippen LogP) is 0.974. The molecule has 0 aromatic carbocycles.